The number of carbonyl (C=O) groups is 2. The van der Waals surface area contributed by atoms with Crippen LogP contribution in [0.4, 0.5) is 5.69 Å². The Morgan fingerprint density at radius 3 is 2.67 bits per heavy atom. The maximum Gasteiger partial charge on any atom is 0.247 e. The molecule has 1 aromatic rings. The molecule has 5 N–H and O–H groups in total. The first-order chi connectivity index (χ1) is 8.50. The Kier molecular flexibility index (Phi) is 5.29. The summed E-state index contributed by atoms with van der Waals surface area (Å²) in [6.45, 7) is 1.84. The molecule has 0 bridgehead atoms. The van der Waals surface area contributed by atoms with Gasteiger partial charge in [0.15, 0.2) is 0 Å². The van der Waals surface area contributed by atoms with Gasteiger partial charge in [0, 0.05) is 12.2 Å². The predicted molar refractivity (Wildman–Crippen MR) is 67.9 cm³/mol. The summed E-state index contributed by atoms with van der Waals surface area (Å²) in [5, 5.41) is 14.5. The van der Waals surface area contributed by atoms with E-state index in [1.807, 2.05) is 25.1 Å². The minimum Gasteiger partial charge on any atom is -0.382 e. The van der Waals surface area contributed by atoms with E-state index in [-0.39, 0.29) is 19.0 Å². The molecular formula is C12H17N3O3. The molecule has 0 saturated carbocycles. The van der Waals surface area contributed by atoms with Crippen molar-refractivity contribution in [3.05, 3.63) is 29.8 Å². The Labute approximate surface area is 105 Å². The van der Waals surface area contributed by atoms with Gasteiger partial charge in [0.1, 0.15) is 6.10 Å². The monoisotopic (exact) mass is 251 g/mol. The van der Waals surface area contributed by atoms with Crippen LogP contribution in [0.2, 0.25) is 0 Å². The van der Waals surface area contributed by atoms with Crippen molar-refractivity contribution in [1.82, 2.24) is 5.32 Å². The average molecular weight is 251 g/mol. The standard InChI is InChI=1S/C12H17N3O3/c1-8-4-2-3-5-9(8)15-11(17)7-14-6-10(16)12(13)18/h2-5,10,14,16H,6-7H2,1H3,(H2,13,18)(H,15,17). The zero-order valence-electron chi connectivity index (χ0n) is 10.1. The van der Waals surface area contributed by atoms with Crippen molar-refractivity contribution in [2.75, 3.05) is 18.4 Å². The fourth-order valence-electron chi connectivity index (χ4n) is 1.33. The second-order valence-electron chi connectivity index (χ2n) is 3.91. The third-order valence-corrected chi connectivity index (χ3v) is 2.37. The molecule has 1 aromatic carbocycles. The highest BCUT2D eigenvalue weighted by molar-refractivity contribution is 5.93. The highest BCUT2D eigenvalue weighted by atomic mass is 16.3. The number of hydrogen-bond donors (Lipinski definition) is 4. The topological polar surface area (TPSA) is 104 Å². The lowest BCUT2D eigenvalue weighted by Crippen LogP contribution is -2.40. The molecule has 0 saturated heterocycles. The number of anilines is 1. The van der Waals surface area contributed by atoms with Crippen LogP contribution in [0.5, 0.6) is 0 Å². The maximum absolute atomic E-state index is 11.5. The molecular weight excluding hydrogens is 234 g/mol. The summed E-state index contributed by atoms with van der Waals surface area (Å²) in [5.41, 5.74) is 6.56. The van der Waals surface area contributed by atoms with Gasteiger partial charge in [-0.2, -0.15) is 0 Å². The molecule has 18 heavy (non-hydrogen) atoms. The van der Waals surface area contributed by atoms with Crippen LogP contribution in [0.1, 0.15) is 5.56 Å². The molecule has 0 aliphatic carbocycles. The van der Waals surface area contributed by atoms with Crippen molar-refractivity contribution in [2.24, 2.45) is 5.73 Å². The van der Waals surface area contributed by atoms with Gasteiger partial charge in [-0.15, -0.1) is 0 Å². The van der Waals surface area contributed by atoms with E-state index in [1.165, 1.54) is 0 Å². The lowest BCUT2D eigenvalue weighted by atomic mass is 10.2. The number of aliphatic hydroxyl groups is 1. The SMILES string of the molecule is Cc1ccccc1NC(=O)CNCC(O)C(N)=O. The summed E-state index contributed by atoms with van der Waals surface area (Å²) in [4.78, 5) is 22.1. The Morgan fingerprint density at radius 1 is 1.39 bits per heavy atom. The van der Waals surface area contributed by atoms with Crippen LogP contribution in [-0.2, 0) is 9.59 Å². The average Bonchev–Trinajstić information content (AvgIpc) is 2.32. The molecule has 6 nitrogen and oxygen atoms in total. The Balaban J connectivity index is 2.35. The summed E-state index contributed by atoms with van der Waals surface area (Å²) in [7, 11) is 0. The largest absolute Gasteiger partial charge is 0.382 e. The predicted octanol–water partition coefficient (Wildman–Crippen LogP) is -0.631. The van der Waals surface area contributed by atoms with E-state index in [9.17, 15) is 9.59 Å². The van der Waals surface area contributed by atoms with Crippen molar-refractivity contribution < 1.29 is 14.7 Å². The van der Waals surface area contributed by atoms with Gasteiger partial charge in [-0.25, -0.2) is 0 Å². The van der Waals surface area contributed by atoms with Gasteiger partial charge in [0.05, 0.1) is 6.54 Å². The number of amides is 2. The van der Waals surface area contributed by atoms with Crippen LogP contribution in [0, 0.1) is 6.92 Å². The van der Waals surface area contributed by atoms with Gasteiger partial charge in [-0.1, -0.05) is 18.2 Å². The van der Waals surface area contributed by atoms with E-state index in [0.29, 0.717) is 0 Å². The molecule has 0 radical (unpaired) electrons. The number of benzene rings is 1. The quantitative estimate of drug-likeness (QED) is 0.540. The first-order valence-corrected chi connectivity index (χ1v) is 5.54. The number of para-hydroxylation sites is 1. The van der Waals surface area contributed by atoms with Crippen molar-refractivity contribution in [3.63, 3.8) is 0 Å². The molecule has 1 unspecified atom stereocenters. The number of aryl methyl sites for hydroxylation is 1. The molecule has 6 heteroatoms. The number of primary amides is 1. The van der Waals surface area contributed by atoms with Gasteiger partial charge in [-0.3, -0.25) is 9.59 Å². The van der Waals surface area contributed by atoms with Crippen LogP contribution < -0.4 is 16.4 Å². The van der Waals surface area contributed by atoms with E-state index < -0.39 is 12.0 Å². The van der Waals surface area contributed by atoms with Crippen LogP contribution in [0.25, 0.3) is 0 Å². The second kappa shape index (κ2) is 6.73. The van der Waals surface area contributed by atoms with E-state index in [2.05, 4.69) is 10.6 Å². The van der Waals surface area contributed by atoms with Crippen molar-refractivity contribution in [2.45, 2.75) is 13.0 Å². The summed E-state index contributed by atoms with van der Waals surface area (Å²) in [6, 6.07) is 7.39. The number of aliphatic hydroxyl groups excluding tert-OH is 1. The van der Waals surface area contributed by atoms with Gasteiger partial charge in [-0.05, 0) is 18.6 Å². The van der Waals surface area contributed by atoms with Crippen LogP contribution >= 0.6 is 0 Å². The van der Waals surface area contributed by atoms with E-state index in [1.54, 1.807) is 6.07 Å². The minimum atomic E-state index is -1.28. The summed E-state index contributed by atoms with van der Waals surface area (Å²) in [6.07, 6.45) is -1.28. The van der Waals surface area contributed by atoms with E-state index in [4.69, 9.17) is 10.8 Å². The van der Waals surface area contributed by atoms with Crippen LogP contribution in [0.3, 0.4) is 0 Å². The van der Waals surface area contributed by atoms with Crippen molar-refractivity contribution >= 4 is 17.5 Å². The summed E-state index contributed by atoms with van der Waals surface area (Å²) in [5.74, 6) is -1.07. The molecule has 0 spiro atoms. The number of nitrogens with one attached hydrogen (secondary N) is 2. The first-order valence-electron chi connectivity index (χ1n) is 5.54. The van der Waals surface area contributed by atoms with Gasteiger partial charge < -0.3 is 21.5 Å². The molecule has 2 amide bonds. The molecule has 0 heterocycles. The third kappa shape index (κ3) is 4.52. The zero-order valence-corrected chi connectivity index (χ0v) is 10.1. The molecule has 0 aliphatic heterocycles. The van der Waals surface area contributed by atoms with Gasteiger partial charge in [0.25, 0.3) is 0 Å². The van der Waals surface area contributed by atoms with Gasteiger partial charge >= 0.3 is 0 Å². The minimum absolute atomic E-state index is 0.00132. The van der Waals surface area contributed by atoms with E-state index in [0.717, 1.165) is 11.3 Å². The van der Waals surface area contributed by atoms with Crippen molar-refractivity contribution in [3.8, 4) is 0 Å². The summed E-state index contributed by atoms with van der Waals surface area (Å²) < 4.78 is 0. The fraction of sp³-hybridized carbons (Fsp3) is 0.333. The van der Waals surface area contributed by atoms with E-state index >= 15 is 0 Å². The highest BCUT2D eigenvalue weighted by Gasteiger charge is 2.11. The highest BCUT2D eigenvalue weighted by Crippen LogP contribution is 2.12. The molecule has 1 rings (SSSR count). The lowest BCUT2D eigenvalue weighted by molar-refractivity contribution is -0.126. The normalized spacial score (nSPS) is 11.9. The fourth-order valence-corrected chi connectivity index (χ4v) is 1.33. The lowest BCUT2D eigenvalue weighted by Gasteiger charge is -2.10. The smallest absolute Gasteiger partial charge is 0.247 e. The zero-order chi connectivity index (χ0) is 13.5. The Bertz CT molecular complexity index is 434. The molecule has 0 aromatic heterocycles. The molecule has 0 aliphatic rings. The molecule has 1 atom stereocenters. The Hall–Kier alpha value is -1.92. The summed E-state index contributed by atoms with van der Waals surface area (Å²) >= 11 is 0. The molecule has 98 valence electrons. The van der Waals surface area contributed by atoms with Gasteiger partial charge in [0.2, 0.25) is 11.8 Å². The second-order valence-corrected chi connectivity index (χ2v) is 3.91. The van der Waals surface area contributed by atoms with Crippen molar-refractivity contribution in [1.29, 1.82) is 0 Å². The first kappa shape index (κ1) is 14.1. The third-order valence-electron chi connectivity index (χ3n) is 2.37. The number of nitrogens with two attached hydrogens (primary N) is 1. The Morgan fingerprint density at radius 2 is 2.06 bits per heavy atom. The van der Waals surface area contributed by atoms with Crippen LogP contribution in [-0.4, -0.2) is 36.1 Å². The number of carbonyl (C=O) groups excluding carboxylic acids is 2. The maximum atomic E-state index is 11.5. The number of hydrogen-bond acceptors (Lipinski definition) is 4. The number of rotatable bonds is 6. The van der Waals surface area contributed by atoms with Crippen LogP contribution in [0.15, 0.2) is 24.3 Å². The molecule has 0 fully saturated rings.